The van der Waals surface area contributed by atoms with Gasteiger partial charge in [-0.05, 0) is 24.3 Å². The second kappa shape index (κ2) is 3.90. The summed E-state index contributed by atoms with van der Waals surface area (Å²) >= 11 is 0. The highest BCUT2D eigenvalue weighted by Crippen LogP contribution is 2.18. The van der Waals surface area contributed by atoms with E-state index in [0.29, 0.717) is 5.75 Å². The van der Waals surface area contributed by atoms with Crippen LogP contribution >= 0.6 is 0 Å². The molecule has 0 bridgehead atoms. The Morgan fingerprint density at radius 1 is 1.08 bits per heavy atom. The Morgan fingerprint density at radius 2 is 1.58 bits per heavy atom. The first-order chi connectivity index (χ1) is 5.72. The number of alkyl halides is 2. The number of benzene rings is 1. The minimum absolute atomic E-state index is 0.130. The lowest BCUT2D eigenvalue weighted by Gasteiger charge is -2.04. The van der Waals surface area contributed by atoms with Gasteiger partial charge in [0.1, 0.15) is 11.5 Å². The summed E-state index contributed by atoms with van der Waals surface area (Å²) < 4.78 is 32.3. The lowest BCUT2D eigenvalue weighted by molar-refractivity contribution is -0.0498. The molecule has 4 heteroatoms. The fourth-order valence-electron chi connectivity index (χ4n) is 0.757. The summed E-state index contributed by atoms with van der Waals surface area (Å²) in [6.07, 6.45) is 0. The van der Waals surface area contributed by atoms with E-state index in [1.165, 1.54) is 19.2 Å². The third kappa shape index (κ3) is 2.38. The molecule has 0 aliphatic rings. The molecule has 2 nitrogen and oxygen atoms in total. The SMILES string of the molecule is COc1ccc(OC(F)F)cc1. The van der Waals surface area contributed by atoms with E-state index in [2.05, 4.69) is 4.74 Å². The van der Waals surface area contributed by atoms with E-state index < -0.39 is 6.61 Å². The number of ether oxygens (including phenoxy) is 2. The van der Waals surface area contributed by atoms with Gasteiger partial charge in [-0.2, -0.15) is 8.78 Å². The lowest BCUT2D eigenvalue weighted by Crippen LogP contribution is -2.01. The van der Waals surface area contributed by atoms with Gasteiger partial charge in [-0.3, -0.25) is 0 Å². The lowest BCUT2D eigenvalue weighted by atomic mass is 10.3. The minimum atomic E-state index is -2.78. The van der Waals surface area contributed by atoms with Gasteiger partial charge in [-0.25, -0.2) is 0 Å². The summed E-state index contributed by atoms with van der Waals surface area (Å²) in [4.78, 5) is 0. The molecule has 0 aromatic heterocycles. The molecule has 1 aromatic carbocycles. The number of halogens is 2. The number of methoxy groups -OCH3 is 1. The highest BCUT2D eigenvalue weighted by Gasteiger charge is 2.02. The first-order valence-corrected chi connectivity index (χ1v) is 3.31. The molecule has 1 aromatic rings. The van der Waals surface area contributed by atoms with Gasteiger partial charge < -0.3 is 9.47 Å². The van der Waals surface area contributed by atoms with E-state index in [4.69, 9.17) is 4.74 Å². The summed E-state index contributed by atoms with van der Waals surface area (Å²) in [5, 5.41) is 0. The topological polar surface area (TPSA) is 18.5 Å². The van der Waals surface area contributed by atoms with Crippen molar-refractivity contribution in [3.63, 3.8) is 0 Å². The summed E-state index contributed by atoms with van der Waals surface area (Å²) in [6.45, 7) is -2.78. The highest BCUT2D eigenvalue weighted by molar-refractivity contribution is 5.31. The molecular formula is C8H8F2O2. The molecule has 0 atom stereocenters. The zero-order chi connectivity index (χ0) is 8.97. The third-order valence-electron chi connectivity index (χ3n) is 1.28. The van der Waals surface area contributed by atoms with E-state index in [0.717, 1.165) is 0 Å². The summed E-state index contributed by atoms with van der Waals surface area (Å²) in [5.41, 5.74) is 0. The van der Waals surface area contributed by atoms with Crippen LogP contribution < -0.4 is 9.47 Å². The molecule has 0 fully saturated rings. The first-order valence-electron chi connectivity index (χ1n) is 3.31. The van der Waals surface area contributed by atoms with Crippen molar-refractivity contribution < 1.29 is 18.3 Å². The first kappa shape index (κ1) is 8.77. The van der Waals surface area contributed by atoms with E-state index in [-0.39, 0.29) is 5.75 Å². The Labute approximate surface area is 68.7 Å². The van der Waals surface area contributed by atoms with Gasteiger partial charge >= 0.3 is 6.61 Å². The van der Waals surface area contributed by atoms with Crippen LogP contribution in [0.1, 0.15) is 0 Å². The zero-order valence-electron chi connectivity index (χ0n) is 6.46. The van der Waals surface area contributed by atoms with Crippen LogP contribution in [-0.4, -0.2) is 13.7 Å². The monoisotopic (exact) mass is 174 g/mol. The van der Waals surface area contributed by atoms with Crippen molar-refractivity contribution in [1.82, 2.24) is 0 Å². The second-order valence-corrected chi connectivity index (χ2v) is 2.05. The second-order valence-electron chi connectivity index (χ2n) is 2.05. The minimum Gasteiger partial charge on any atom is -0.497 e. The smallest absolute Gasteiger partial charge is 0.387 e. The van der Waals surface area contributed by atoms with Crippen LogP contribution in [0.2, 0.25) is 0 Å². The molecule has 0 aliphatic heterocycles. The fourth-order valence-corrected chi connectivity index (χ4v) is 0.757. The molecule has 1 rings (SSSR count). The van der Waals surface area contributed by atoms with E-state index in [1.54, 1.807) is 12.1 Å². The van der Waals surface area contributed by atoms with Crippen molar-refractivity contribution in [2.75, 3.05) is 7.11 Å². The highest BCUT2D eigenvalue weighted by atomic mass is 19.3. The Kier molecular flexibility index (Phi) is 2.85. The van der Waals surface area contributed by atoms with Gasteiger partial charge in [0.2, 0.25) is 0 Å². The van der Waals surface area contributed by atoms with Gasteiger partial charge in [0.15, 0.2) is 0 Å². The predicted molar refractivity (Wildman–Crippen MR) is 39.6 cm³/mol. The Hall–Kier alpha value is -1.32. The third-order valence-corrected chi connectivity index (χ3v) is 1.28. The molecule has 0 spiro atoms. The predicted octanol–water partition coefficient (Wildman–Crippen LogP) is 2.30. The maximum absolute atomic E-state index is 11.6. The molecule has 0 aliphatic carbocycles. The van der Waals surface area contributed by atoms with Gasteiger partial charge in [0.05, 0.1) is 7.11 Å². The van der Waals surface area contributed by atoms with Crippen LogP contribution in [0, 0.1) is 0 Å². The van der Waals surface area contributed by atoms with E-state index in [1.807, 2.05) is 0 Å². The Morgan fingerprint density at radius 3 is 2.00 bits per heavy atom. The van der Waals surface area contributed by atoms with Crippen molar-refractivity contribution >= 4 is 0 Å². The Bertz CT molecular complexity index is 233. The van der Waals surface area contributed by atoms with Crippen LogP contribution in [0.5, 0.6) is 11.5 Å². The van der Waals surface area contributed by atoms with Crippen LogP contribution in [0.3, 0.4) is 0 Å². The van der Waals surface area contributed by atoms with Crippen LogP contribution in [0.4, 0.5) is 8.78 Å². The summed E-state index contributed by atoms with van der Waals surface area (Å²) in [5.74, 6) is 0.738. The zero-order valence-corrected chi connectivity index (χ0v) is 6.46. The molecule has 0 radical (unpaired) electrons. The number of rotatable bonds is 3. The van der Waals surface area contributed by atoms with Gasteiger partial charge in [0, 0.05) is 0 Å². The van der Waals surface area contributed by atoms with Gasteiger partial charge in [-0.1, -0.05) is 0 Å². The molecule has 0 unspecified atom stereocenters. The molecular weight excluding hydrogens is 166 g/mol. The molecule has 0 N–H and O–H groups in total. The molecule has 0 saturated carbocycles. The normalized spacial score (nSPS) is 10.0. The number of hydrogen-bond donors (Lipinski definition) is 0. The maximum Gasteiger partial charge on any atom is 0.387 e. The van der Waals surface area contributed by atoms with E-state index >= 15 is 0 Å². The number of hydrogen-bond acceptors (Lipinski definition) is 2. The van der Waals surface area contributed by atoms with Gasteiger partial charge in [-0.15, -0.1) is 0 Å². The summed E-state index contributed by atoms with van der Waals surface area (Å²) in [7, 11) is 1.50. The quantitative estimate of drug-likeness (QED) is 0.699. The van der Waals surface area contributed by atoms with Crippen molar-refractivity contribution in [2.24, 2.45) is 0 Å². The fraction of sp³-hybridized carbons (Fsp3) is 0.250. The molecule has 0 heterocycles. The largest absolute Gasteiger partial charge is 0.497 e. The van der Waals surface area contributed by atoms with Crippen LogP contribution in [0.15, 0.2) is 24.3 Å². The standard InChI is InChI=1S/C8H8F2O2/c1-11-6-2-4-7(5-3-6)12-8(9)10/h2-5,8H,1H3. The van der Waals surface area contributed by atoms with Crippen molar-refractivity contribution in [1.29, 1.82) is 0 Å². The molecule has 12 heavy (non-hydrogen) atoms. The van der Waals surface area contributed by atoms with Gasteiger partial charge in [0.25, 0.3) is 0 Å². The Balaban J connectivity index is 2.65. The van der Waals surface area contributed by atoms with Crippen molar-refractivity contribution in [3.8, 4) is 11.5 Å². The van der Waals surface area contributed by atoms with Crippen molar-refractivity contribution in [2.45, 2.75) is 6.61 Å². The van der Waals surface area contributed by atoms with Crippen molar-refractivity contribution in [3.05, 3.63) is 24.3 Å². The molecule has 0 amide bonds. The average Bonchev–Trinajstić information content (AvgIpc) is 2.05. The average molecular weight is 174 g/mol. The van der Waals surface area contributed by atoms with E-state index in [9.17, 15) is 8.78 Å². The van der Waals surface area contributed by atoms with Crippen LogP contribution in [-0.2, 0) is 0 Å². The van der Waals surface area contributed by atoms with Crippen LogP contribution in [0.25, 0.3) is 0 Å². The molecule has 66 valence electrons. The summed E-state index contributed by atoms with van der Waals surface area (Å²) in [6, 6.07) is 5.95. The molecule has 0 saturated heterocycles. The maximum atomic E-state index is 11.6.